The summed E-state index contributed by atoms with van der Waals surface area (Å²) in [5.74, 6) is 0.669. The highest BCUT2D eigenvalue weighted by molar-refractivity contribution is 5.89. The number of esters is 1. The van der Waals surface area contributed by atoms with Gasteiger partial charge in [0.25, 0.3) is 5.91 Å². The highest BCUT2D eigenvalue weighted by Gasteiger charge is 2.12. The third-order valence-corrected chi connectivity index (χ3v) is 4.31. The zero-order chi connectivity index (χ0) is 23.3. The molecule has 0 bridgehead atoms. The van der Waals surface area contributed by atoms with Gasteiger partial charge in [-0.3, -0.25) is 4.79 Å². The highest BCUT2D eigenvalue weighted by Crippen LogP contribution is 2.28. The molecule has 0 atom stereocenters. The number of methoxy groups -OCH3 is 1. The zero-order valence-corrected chi connectivity index (χ0v) is 18.4. The Morgan fingerprint density at radius 2 is 1.84 bits per heavy atom. The number of hydrogen-bond donors (Lipinski definition) is 0. The molecule has 1 amide bonds. The summed E-state index contributed by atoms with van der Waals surface area (Å²) in [5, 5.41) is 8.61. The van der Waals surface area contributed by atoms with E-state index in [1.807, 2.05) is 37.3 Å². The molecule has 0 aliphatic carbocycles. The fourth-order valence-electron chi connectivity index (χ4n) is 2.69. The summed E-state index contributed by atoms with van der Waals surface area (Å²) in [5.41, 5.74) is 1.61. The number of benzene rings is 2. The van der Waals surface area contributed by atoms with Crippen LogP contribution in [-0.2, 0) is 20.9 Å². The average Bonchev–Trinajstić information content (AvgIpc) is 2.81. The van der Waals surface area contributed by atoms with Gasteiger partial charge in [-0.1, -0.05) is 18.2 Å². The monoisotopic (exact) mass is 438 g/mol. The standard InChI is InChI=1S/C24H26N2O6/c1-4-30-20-9-5-19(6-10-20)16-26(2)23(27)17-32-24(28)12-8-18-7-11-21(31-14-13-25)22(15-18)29-3/h5-12,15H,4,14,16-17H2,1-3H3/b12-8+. The van der Waals surface area contributed by atoms with Crippen molar-refractivity contribution in [3.8, 4) is 23.3 Å². The number of rotatable bonds is 11. The van der Waals surface area contributed by atoms with E-state index in [-0.39, 0.29) is 19.1 Å². The van der Waals surface area contributed by atoms with Gasteiger partial charge < -0.3 is 23.8 Å². The summed E-state index contributed by atoms with van der Waals surface area (Å²) in [6.45, 7) is 2.43. The molecule has 0 fully saturated rings. The van der Waals surface area contributed by atoms with Gasteiger partial charge in [-0.25, -0.2) is 4.79 Å². The maximum absolute atomic E-state index is 12.2. The van der Waals surface area contributed by atoms with Crippen molar-refractivity contribution in [1.29, 1.82) is 5.26 Å². The van der Waals surface area contributed by atoms with Gasteiger partial charge in [0.1, 0.15) is 11.8 Å². The number of amides is 1. The predicted octanol–water partition coefficient (Wildman–Crippen LogP) is 3.21. The molecule has 32 heavy (non-hydrogen) atoms. The zero-order valence-electron chi connectivity index (χ0n) is 18.4. The molecule has 0 saturated heterocycles. The van der Waals surface area contributed by atoms with Crippen LogP contribution in [0.2, 0.25) is 0 Å². The number of hydrogen-bond acceptors (Lipinski definition) is 7. The summed E-state index contributed by atoms with van der Waals surface area (Å²) in [6, 6.07) is 14.3. The van der Waals surface area contributed by atoms with Crippen molar-refractivity contribution in [1.82, 2.24) is 4.90 Å². The molecule has 0 saturated carbocycles. The predicted molar refractivity (Wildman–Crippen MR) is 118 cm³/mol. The fraction of sp³-hybridized carbons (Fsp3) is 0.292. The minimum Gasteiger partial charge on any atom is -0.494 e. The molecule has 0 aliphatic rings. The number of ether oxygens (including phenoxy) is 4. The van der Waals surface area contributed by atoms with Crippen molar-refractivity contribution in [2.24, 2.45) is 0 Å². The van der Waals surface area contributed by atoms with Crippen molar-refractivity contribution in [3.05, 3.63) is 59.7 Å². The van der Waals surface area contributed by atoms with E-state index in [0.717, 1.165) is 11.3 Å². The van der Waals surface area contributed by atoms with Gasteiger partial charge in [0, 0.05) is 19.7 Å². The van der Waals surface area contributed by atoms with Gasteiger partial charge in [0.15, 0.2) is 24.7 Å². The Morgan fingerprint density at radius 3 is 2.50 bits per heavy atom. The lowest BCUT2D eigenvalue weighted by atomic mass is 10.2. The molecule has 2 aromatic rings. The van der Waals surface area contributed by atoms with Crippen molar-refractivity contribution >= 4 is 18.0 Å². The van der Waals surface area contributed by atoms with Crippen LogP contribution in [0.1, 0.15) is 18.1 Å². The van der Waals surface area contributed by atoms with Gasteiger partial charge in [-0.15, -0.1) is 0 Å². The Morgan fingerprint density at radius 1 is 1.09 bits per heavy atom. The Kier molecular flexibility index (Phi) is 9.60. The largest absolute Gasteiger partial charge is 0.494 e. The van der Waals surface area contributed by atoms with Gasteiger partial charge in [-0.2, -0.15) is 5.26 Å². The molecule has 168 valence electrons. The van der Waals surface area contributed by atoms with Gasteiger partial charge in [-0.05, 0) is 48.4 Å². The number of nitrogens with zero attached hydrogens (tertiary/aromatic N) is 2. The van der Waals surface area contributed by atoms with Crippen molar-refractivity contribution in [2.45, 2.75) is 13.5 Å². The molecule has 2 aromatic carbocycles. The summed E-state index contributed by atoms with van der Waals surface area (Å²) < 4.78 is 20.9. The molecular formula is C24H26N2O6. The Hall–Kier alpha value is -3.99. The molecule has 2 rings (SSSR count). The van der Waals surface area contributed by atoms with Crippen molar-refractivity contribution in [3.63, 3.8) is 0 Å². The molecule has 0 spiro atoms. The molecule has 0 aromatic heterocycles. The van der Waals surface area contributed by atoms with E-state index in [2.05, 4.69) is 0 Å². The number of carbonyl (C=O) groups is 2. The van der Waals surface area contributed by atoms with Crippen LogP contribution in [0.5, 0.6) is 17.2 Å². The first-order valence-electron chi connectivity index (χ1n) is 9.95. The van der Waals surface area contributed by atoms with Crippen LogP contribution in [0.3, 0.4) is 0 Å². The van der Waals surface area contributed by atoms with Crippen LogP contribution in [0.15, 0.2) is 48.5 Å². The van der Waals surface area contributed by atoms with Gasteiger partial charge >= 0.3 is 5.97 Å². The van der Waals surface area contributed by atoms with Crippen molar-refractivity contribution < 1.29 is 28.5 Å². The maximum atomic E-state index is 12.2. The first-order valence-corrected chi connectivity index (χ1v) is 9.95. The van der Waals surface area contributed by atoms with Crippen LogP contribution in [-0.4, -0.2) is 50.8 Å². The highest BCUT2D eigenvalue weighted by atomic mass is 16.5. The lowest BCUT2D eigenvalue weighted by molar-refractivity contribution is -0.147. The molecular weight excluding hydrogens is 412 g/mol. The molecule has 0 N–H and O–H groups in total. The molecule has 0 radical (unpaired) electrons. The van der Waals surface area contributed by atoms with E-state index in [4.69, 9.17) is 24.2 Å². The number of nitriles is 1. The minimum absolute atomic E-state index is 0.0983. The third-order valence-electron chi connectivity index (χ3n) is 4.31. The summed E-state index contributed by atoms with van der Waals surface area (Å²) in [7, 11) is 3.12. The fourth-order valence-corrected chi connectivity index (χ4v) is 2.69. The second-order valence-electron chi connectivity index (χ2n) is 6.62. The third kappa shape index (κ3) is 7.69. The van der Waals surface area contributed by atoms with Crippen LogP contribution >= 0.6 is 0 Å². The van der Waals surface area contributed by atoms with Crippen LogP contribution in [0.25, 0.3) is 6.08 Å². The second kappa shape index (κ2) is 12.6. The lowest BCUT2D eigenvalue weighted by Crippen LogP contribution is -2.30. The average molecular weight is 438 g/mol. The molecule has 0 aliphatic heterocycles. The van der Waals surface area contributed by atoms with E-state index in [1.165, 1.54) is 24.2 Å². The van der Waals surface area contributed by atoms with E-state index < -0.39 is 5.97 Å². The first kappa shape index (κ1) is 24.3. The second-order valence-corrected chi connectivity index (χ2v) is 6.62. The number of likely N-dealkylation sites (N-methyl/N-ethyl adjacent to an activating group) is 1. The molecule has 8 nitrogen and oxygen atoms in total. The Bertz CT molecular complexity index is 979. The van der Waals surface area contributed by atoms with E-state index in [0.29, 0.717) is 30.2 Å². The summed E-state index contributed by atoms with van der Waals surface area (Å²) >= 11 is 0. The Labute approximate surface area is 187 Å². The quantitative estimate of drug-likeness (QED) is 0.392. The summed E-state index contributed by atoms with van der Waals surface area (Å²) in [6.07, 6.45) is 2.76. The summed E-state index contributed by atoms with van der Waals surface area (Å²) in [4.78, 5) is 25.7. The number of carbonyl (C=O) groups excluding carboxylic acids is 2. The molecule has 0 heterocycles. The lowest BCUT2D eigenvalue weighted by Gasteiger charge is -2.17. The smallest absolute Gasteiger partial charge is 0.331 e. The first-order chi connectivity index (χ1) is 15.5. The maximum Gasteiger partial charge on any atom is 0.331 e. The topological polar surface area (TPSA) is 98.1 Å². The van der Waals surface area contributed by atoms with Gasteiger partial charge in [0.05, 0.1) is 13.7 Å². The van der Waals surface area contributed by atoms with Crippen LogP contribution in [0, 0.1) is 11.3 Å². The minimum atomic E-state index is -0.642. The molecule has 0 unspecified atom stereocenters. The van der Waals surface area contributed by atoms with E-state index >= 15 is 0 Å². The van der Waals surface area contributed by atoms with E-state index in [1.54, 1.807) is 25.2 Å². The van der Waals surface area contributed by atoms with E-state index in [9.17, 15) is 9.59 Å². The molecule has 8 heteroatoms. The van der Waals surface area contributed by atoms with Gasteiger partial charge in [0.2, 0.25) is 0 Å². The van der Waals surface area contributed by atoms with Crippen LogP contribution < -0.4 is 14.2 Å². The van der Waals surface area contributed by atoms with Crippen molar-refractivity contribution in [2.75, 3.05) is 34.0 Å². The normalized spacial score (nSPS) is 10.3. The Balaban J connectivity index is 1.84. The van der Waals surface area contributed by atoms with Crippen LogP contribution in [0.4, 0.5) is 0 Å². The SMILES string of the molecule is CCOc1ccc(CN(C)C(=O)COC(=O)/C=C/c2ccc(OCC#N)c(OC)c2)cc1.